The molecule has 0 heterocycles. The molecule has 0 bridgehead atoms. The molecule has 0 heteroatoms. The van der Waals surface area contributed by atoms with Gasteiger partial charge in [-0.05, 0) is 31.9 Å². The molecule has 11 heavy (non-hydrogen) atoms. The zero-order valence-corrected chi connectivity index (χ0v) is 7.59. The fourth-order valence-corrected chi connectivity index (χ4v) is 0.794. The van der Waals surface area contributed by atoms with E-state index in [0.717, 1.165) is 0 Å². The zero-order valence-electron chi connectivity index (χ0n) is 7.59. The highest BCUT2D eigenvalue weighted by molar-refractivity contribution is 5.38. The van der Waals surface area contributed by atoms with Crippen LogP contribution in [-0.4, -0.2) is 0 Å². The van der Waals surface area contributed by atoms with Crippen LogP contribution >= 0.6 is 0 Å². The molecule has 0 atom stereocenters. The van der Waals surface area contributed by atoms with Crippen LogP contribution in [0.3, 0.4) is 0 Å². The van der Waals surface area contributed by atoms with Crippen molar-refractivity contribution < 1.29 is 0 Å². The lowest BCUT2D eigenvalue weighted by Crippen LogP contribution is -1.78. The Morgan fingerprint density at radius 2 is 1.82 bits per heavy atom. The van der Waals surface area contributed by atoms with E-state index in [1.165, 1.54) is 11.1 Å². The Hall–Kier alpha value is -1.04. The van der Waals surface area contributed by atoms with Crippen LogP contribution in [0.5, 0.6) is 0 Å². The lowest BCUT2D eigenvalue weighted by molar-refractivity contribution is 1.38. The molecular formula is C11H16. The SMILES string of the molecule is C=C\C=C/C(=C\C)C(/C)=C/C. The first-order valence-electron chi connectivity index (χ1n) is 3.85. The van der Waals surface area contributed by atoms with E-state index in [1.54, 1.807) is 6.08 Å². The molecule has 0 fully saturated rings. The molecule has 0 unspecified atom stereocenters. The van der Waals surface area contributed by atoms with E-state index in [1.807, 2.05) is 19.9 Å². The molecule has 0 aromatic heterocycles. The van der Waals surface area contributed by atoms with Crippen LogP contribution < -0.4 is 0 Å². The predicted molar refractivity (Wildman–Crippen MR) is 52.5 cm³/mol. The van der Waals surface area contributed by atoms with Gasteiger partial charge >= 0.3 is 0 Å². The quantitative estimate of drug-likeness (QED) is 0.536. The predicted octanol–water partition coefficient (Wildman–Crippen LogP) is 3.64. The topological polar surface area (TPSA) is 0 Å². The van der Waals surface area contributed by atoms with Crippen molar-refractivity contribution in [2.24, 2.45) is 0 Å². The third-order valence-corrected chi connectivity index (χ3v) is 1.61. The molecule has 0 rings (SSSR count). The van der Waals surface area contributed by atoms with Gasteiger partial charge < -0.3 is 0 Å². The number of hydrogen-bond acceptors (Lipinski definition) is 0. The summed E-state index contributed by atoms with van der Waals surface area (Å²) in [7, 11) is 0. The normalized spacial score (nSPS) is 14.1. The molecule has 0 saturated carbocycles. The van der Waals surface area contributed by atoms with E-state index in [2.05, 4.69) is 31.7 Å². The third kappa shape index (κ3) is 3.61. The maximum atomic E-state index is 3.62. The van der Waals surface area contributed by atoms with Crippen LogP contribution in [-0.2, 0) is 0 Å². The van der Waals surface area contributed by atoms with Crippen molar-refractivity contribution in [2.45, 2.75) is 20.8 Å². The molecule has 0 aliphatic rings. The van der Waals surface area contributed by atoms with Crippen LogP contribution in [0.1, 0.15) is 20.8 Å². The number of rotatable bonds is 3. The standard InChI is InChI=1S/C11H16/c1-5-8-9-11(7-3)10(4)6-2/h5-9H,1H2,2-4H3/b9-8-,10-6+,11-7+. The largest absolute Gasteiger partial charge is 0.0991 e. The van der Waals surface area contributed by atoms with Gasteiger partial charge in [0.15, 0.2) is 0 Å². The number of allylic oxidation sites excluding steroid dienone is 7. The lowest BCUT2D eigenvalue weighted by atomic mass is 10.1. The Morgan fingerprint density at radius 1 is 1.18 bits per heavy atom. The molecule has 0 aromatic rings. The van der Waals surface area contributed by atoms with Gasteiger partial charge in [-0.3, -0.25) is 0 Å². The molecule has 60 valence electrons. The Labute approximate surface area is 69.6 Å². The van der Waals surface area contributed by atoms with E-state index < -0.39 is 0 Å². The Kier molecular flexibility index (Phi) is 5.18. The first kappa shape index (κ1) is 9.96. The van der Waals surface area contributed by atoms with Crippen molar-refractivity contribution in [3.05, 3.63) is 48.1 Å². The van der Waals surface area contributed by atoms with Crippen LogP contribution in [0.4, 0.5) is 0 Å². The molecule has 0 saturated heterocycles. The van der Waals surface area contributed by atoms with Crippen LogP contribution in [0.2, 0.25) is 0 Å². The molecule has 0 nitrogen and oxygen atoms in total. The van der Waals surface area contributed by atoms with Gasteiger partial charge in [-0.15, -0.1) is 0 Å². The van der Waals surface area contributed by atoms with Crippen molar-refractivity contribution in [1.29, 1.82) is 0 Å². The van der Waals surface area contributed by atoms with Gasteiger partial charge in [0.2, 0.25) is 0 Å². The second kappa shape index (κ2) is 5.72. The van der Waals surface area contributed by atoms with Gasteiger partial charge in [-0.2, -0.15) is 0 Å². The first-order valence-corrected chi connectivity index (χ1v) is 3.85. The highest BCUT2D eigenvalue weighted by atomic mass is 13.9. The Balaban J connectivity index is 4.44. The number of hydrogen-bond donors (Lipinski definition) is 0. The van der Waals surface area contributed by atoms with Gasteiger partial charge in [-0.1, -0.05) is 37.0 Å². The molecule has 0 aromatic carbocycles. The minimum absolute atomic E-state index is 1.26. The van der Waals surface area contributed by atoms with Crippen molar-refractivity contribution in [1.82, 2.24) is 0 Å². The molecule has 0 amide bonds. The van der Waals surface area contributed by atoms with E-state index in [0.29, 0.717) is 0 Å². The van der Waals surface area contributed by atoms with Gasteiger partial charge in [0.05, 0.1) is 0 Å². The van der Waals surface area contributed by atoms with Gasteiger partial charge in [0, 0.05) is 0 Å². The molecule has 0 aliphatic heterocycles. The average molecular weight is 148 g/mol. The third-order valence-electron chi connectivity index (χ3n) is 1.61. The van der Waals surface area contributed by atoms with E-state index >= 15 is 0 Å². The van der Waals surface area contributed by atoms with Crippen molar-refractivity contribution in [3.63, 3.8) is 0 Å². The summed E-state index contributed by atoms with van der Waals surface area (Å²) in [6.07, 6.45) is 9.98. The van der Waals surface area contributed by atoms with Gasteiger partial charge in [0.25, 0.3) is 0 Å². The maximum Gasteiger partial charge on any atom is -0.0273 e. The van der Waals surface area contributed by atoms with Crippen molar-refractivity contribution >= 4 is 0 Å². The minimum Gasteiger partial charge on any atom is -0.0991 e. The lowest BCUT2D eigenvalue weighted by Gasteiger charge is -1.98. The second-order valence-electron chi connectivity index (χ2n) is 2.31. The summed E-state index contributed by atoms with van der Waals surface area (Å²) in [6.45, 7) is 9.80. The van der Waals surface area contributed by atoms with Crippen LogP contribution in [0.15, 0.2) is 48.1 Å². The fraction of sp³-hybridized carbons (Fsp3) is 0.273. The fourth-order valence-electron chi connectivity index (χ4n) is 0.794. The summed E-state index contributed by atoms with van der Waals surface area (Å²) in [5.41, 5.74) is 2.55. The maximum absolute atomic E-state index is 3.62. The highest BCUT2D eigenvalue weighted by Crippen LogP contribution is 2.09. The van der Waals surface area contributed by atoms with Gasteiger partial charge in [0.1, 0.15) is 0 Å². The molecule has 0 N–H and O–H groups in total. The Bertz CT molecular complexity index is 202. The molecular weight excluding hydrogens is 132 g/mol. The molecule has 0 aliphatic carbocycles. The Morgan fingerprint density at radius 3 is 2.18 bits per heavy atom. The van der Waals surface area contributed by atoms with Crippen LogP contribution in [0.25, 0.3) is 0 Å². The highest BCUT2D eigenvalue weighted by Gasteiger charge is 1.89. The summed E-state index contributed by atoms with van der Waals surface area (Å²) in [6, 6.07) is 0. The minimum atomic E-state index is 1.26. The summed E-state index contributed by atoms with van der Waals surface area (Å²) in [5.74, 6) is 0. The van der Waals surface area contributed by atoms with Crippen molar-refractivity contribution in [2.75, 3.05) is 0 Å². The summed E-state index contributed by atoms with van der Waals surface area (Å²) >= 11 is 0. The van der Waals surface area contributed by atoms with Crippen molar-refractivity contribution in [3.8, 4) is 0 Å². The van der Waals surface area contributed by atoms with E-state index in [-0.39, 0.29) is 0 Å². The smallest absolute Gasteiger partial charge is 0.0273 e. The molecule has 0 radical (unpaired) electrons. The molecule has 0 spiro atoms. The van der Waals surface area contributed by atoms with E-state index in [4.69, 9.17) is 0 Å². The van der Waals surface area contributed by atoms with Gasteiger partial charge in [-0.25, -0.2) is 0 Å². The summed E-state index contributed by atoms with van der Waals surface area (Å²) in [4.78, 5) is 0. The van der Waals surface area contributed by atoms with E-state index in [9.17, 15) is 0 Å². The monoisotopic (exact) mass is 148 g/mol. The second-order valence-corrected chi connectivity index (χ2v) is 2.31. The first-order chi connectivity index (χ1) is 5.26. The zero-order chi connectivity index (χ0) is 8.69. The van der Waals surface area contributed by atoms with Crippen LogP contribution in [0, 0.1) is 0 Å². The summed E-state index contributed by atoms with van der Waals surface area (Å²) in [5, 5.41) is 0. The summed E-state index contributed by atoms with van der Waals surface area (Å²) < 4.78 is 0. The average Bonchev–Trinajstić information content (AvgIpc) is 2.05.